The molecule has 0 aliphatic rings. The van der Waals surface area contributed by atoms with E-state index in [0.717, 1.165) is 18.7 Å². The van der Waals surface area contributed by atoms with Gasteiger partial charge in [-0.1, -0.05) is 25.1 Å². The van der Waals surface area contributed by atoms with Gasteiger partial charge in [-0.2, -0.15) is 0 Å². The Hall–Kier alpha value is -1.81. The number of nitrogens with one attached hydrogen (secondary N) is 1. The van der Waals surface area contributed by atoms with E-state index in [4.69, 9.17) is 0 Å². The molecular weight excluding hydrogens is 258 g/mol. The number of anilines is 1. The van der Waals surface area contributed by atoms with E-state index < -0.39 is 9.84 Å². The van der Waals surface area contributed by atoms with Crippen LogP contribution in [-0.4, -0.2) is 15.0 Å². The lowest BCUT2D eigenvalue weighted by Gasteiger charge is -2.07. The van der Waals surface area contributed by atoms with Gasteiger partial charge in [-0.25, -0.2) is 8.42 Å². The molecule has 0 heterocycles. The largest absolute Gasteiger partial charge is 0.385 e. The van der Waals surface area contributed by atoms with Crippen LogP contribution in [0.3, 0.4) is 0 Å². The highest BCUT2D eigenvalue weighted by molar-refractivity contribution is 7.91. The number of sulfone groups is 1. The van der Waals surface area contributed by atoms with Crippen molar-refractivity contribution in [2.75, 3.05) is 11.9 Å². The Labute approximate surface area is 114 Å². The Bertz CT molecular complexity index is 619. The summed E-state index contributed by atoms with van der Waals surface area (Å²) in [7, 11) is -3.40. The second-order valence-corrected chi connectivity index (χ2v) is 6.22. The molecule has 0 aliphatic heterocycles. The van der Waals surface area contributed by atoms with Gasteiger partial charge in [-0.05, 0) is 42.8 Å². The third-order valence-electron chi connectivity index (χ3n) is 2.80. The molecule has 0 saturated heterocycles. The summed E-state index contributed by atoms with van der Waals surface area (Å²) in [6.07, 6.45) is 1.03. The van der Waals surface area contributed by atoms with Gasteiger partial charge < -0.3 is 5.32 Å². The lowest BCUT2D eigenvalue weighted by atomic mass is 10.3. The lowest BCUT2D eigenvalue weighted by Crippen LogP contribution is -2.03. The zero-order valence-corrected chi connectivity index (χ0v) is 11.7. The molecule has 1 N–H and O–H groups in total. The van der Waals surface area contributed by atoms with Crippen molar-refractivity contribution in [1.82, 2.24) is 0 Å². The van der Waals surface area contributed by atoms with Gasteiger partial charge in [0.1, 0.15) is 0 Å². The first-order chi connectivity index (χ1) is 9.14. The van der Waals surface area contributed by atoms with Gasteiger partial charge >= 0.3 is 0 Å². The first kappa shape index (κ1) is 13.6. The predicted octanol–water partition coefficient (Wildman–Crippen LogP) is 3.34. The zero-order valence-electron chi connectivity index (χ0n) is 10.8. The fourth-order valence-corrected chi connectivity index (χ4v) is 3.04. The Kier molecular flexibility index (Phi) is 4.22. The molecule has 0 aliphatic carbocycles. The monoisotopic (exact) mass is 275 g/mol. The van der Waals surface area contributed by atoms with Crippen molar-refractivity contribution in [3.05, 3.63) is 54.6 Å². The number of hydrogen-bond donors (Lipinski definition) is 1. The van der Waals surface area contributed by atoms with E-state index in [1.54, 1.807) is 54.6 Å². The SMILES string of the molecule is CCCNc1ccc(S(=O)(=O)c2ccccc2)cc1. The van der Waals surface area contributed by atoms with E-state index in [2.05, 4.69) is 12.2 Å². The Morgan fingerprint density at radius 2 is 1.47 bits per heavy atom. The van der Waals surface area contributed by atoms with Crippen molar-refractivity contribution in [3.63, 3.8) is 0 Å². The lowest BCUT2D eigenvalue weighted by molar-refractivity contribution is 0.596. The summed E-state index contributed by atoms with van der Waals surface area (Å²) < 4.78 is 24.7. The van der Waals surface area contributed by atoms with Crippen LogP contribution in [0.25, 0.3) is 0 Å². The molecule has 2 rings (SSSR count). The summed E-state index contributed by atoms with van der Waals surface area (Å²) >= 11 is 0. The van der Waals surface area contributed by atoms with Gasteiger partial charge in [0.25, 0.3) is 0 Å². The minimum atomic E-state index is -3.40. The van der Waals surface area contributed by atoms with Crippen LogP contribution in [0.1, 0.15) is 13.3 Å². The summed E-state index contributed by atoms with van der Waals surface area (Å²) in [4.78, 5) is 0.644. The minimum absolute atomic E-state index is 0.320. The van der Waals surface area contributed by atoms with Crippen molar-refractivity contribution < 1.29 is 8.42 Å². The van der Waals surface area contributed by atoms with Crippen LogP contribution in [0.2, 0.25) is 0 Å². The van der Waals surface area contributed by atoms with E-state index in [1.807, 2.05) is 0 Å². The van der Waals surface area contributed by atoms with Crippen molar-refractivity contribution >= 4 is 15.5 Å². The third kappa shape index (κ3) is 3.15. The number of hydrogen-bond acceptors (Lipinski definition) is 3. The number of benzene rings is 2. The molecule has 3 nitrogen and oxygen atoms in total. The quantitative estimate of drug-likeness (QED) is 0.910. The molecule has 0 aromatic heterocycles. The molecule has 0 bridgehead atoms. The highest BCUT2D eigenvalue weighted by atomic mass is 32.2. The third-order valence-corrected chi connectivity index (χ3v) is 4.58. The molecule has 2 aromatic carbocycles. The molecule has 0 atom stereocenters. The highest BCUT2D eigenvalue weighted by Crippen LogP contribution is 2.21. The smallest absolute Gasteiger partial charge is 0.206 e. The van der Waals surface area contributed by atoms with Crippen molar-refractivity contribution in [2.45, 2.75) is 23.1 Å². The Morgan fingerprint density at radius 1 is 0.895 bits per heavy atom. The van der Waals surface area contributed by atoms with E-state index in [9.17, 15) is 8.42 Å². The van der Waals surface area contributed by atoms with Gasteiger partial charge in [-0.15, -0.1) is 0 Å². The fraction of sp³-hybridized carbons (Fsp3) is 0.200. The molecule has 0 saturated carbocycles. The molecule has 0 radical (unpaired) electrons. The molecular formula is C15H17NO2S. The van der Waals surface area contributed by atoms with Crippen molar-refractivity contribution in [1.29, 1.82) is 0 Å². The summed E-state index contributed by atoms with van der Waals surface area (Å²) in [5.74, 6) is 0. The molecule has 2 aromatic rings. The van der Waals surface area contributed by atoms with E-state index >= 15 is 0 Å². The van der Waals surface area contributed by atoms with Crippen LogP contribution in [0.5, 0.6) is 0 Å². The maximum atomic E-state index is 12.3. The highest BCUT2D eigenvalue weighted by Gasteiger charge is 2.16. The van der Waals surface area contributed by atoms with E-state index in [0.29, 0.717) is 9.79 Å². The topological polar surface area (TPSA) is 46.2 Å². The van der Waals surface area contributed by atoms with Crippen LogP contribution in [-0.2, 0) is 9.84 Å². The van der Waals surface area contributed by atoms with Gasteiger partial charge in [0, 0.05) is 12.2 Å². The summed E-state index contributed by atoms with van der Waals surface area (Å²) in [6, 6.07) is 15.3. The van der Waals surface area contributed by atoms with E-state index in [-0.39, 0.29) is 0 Å². The normalized spacial score (nSPS) is 11.2. The summed E-state index contributed by atoms with van der Waals surface area (Å²) in [5.41, 5.74) is 0.939. The summed E-state index contributed by atoms with van der Waals surface area (Å²) in [5, 5.41) is 3.22. The first-order valence-electron chi connectivity index (χ1n) is 6.28. The predicted molar refractivity (Wildman–Crippen MR) is 77.1 cm³/mol. The second kappa shape index (κ2) is 5.89. The average Bonchev–Trinajstić information content (AvgIpc) is 2.46. The van der Waals surface area contributed by atoms with Gasteiger partial charge in [0.15, 0.2) is 0 Å². The molecule has 0 fully saturated rings. The van der Waals surface area contributed by atoms with Crippen LogP contribution in [0, 0.1) is 0 Å². The molecule has 0 unspecified atom stereocenters. The van der Waals surface area contributed by atoms with Crippen LogP contribution >= 0.6 is 0 Å². The van der Waals surface area contributed by atoms with Crippen LogP contribution in [0.15, 0.2) is 64.4 Å². The second-order valence-electron chi connectivity index (χ2n) is 4.27. The Morgan fingerprint density at radius 3 is 2.05 bits per heavy atom. The van der Waals surface area contributed by atoms with Gasteiger partial charge in [0.2, 0.25) is 9.84 Å². The molecule has 0 amide bonds. The van der Waals surface area contributed by atoms with Gasteiger partial charge in [0.05, 0.1) is 9.79 Å². The van der Waals surface area contributed by atoms with Gasteiger partial charge in [-0.3, -0.25) is 0 Å². The van der Waals surface area contributed by atoms with Crippen LogP contribution in [0.4, 0.5) is 5.69 Å². The molecule has 19 heavy (non-hydrogen) atoms. The Balaban J connectivity index is 2.27. The van der Waals surface area contributed by atoms with E-state index in [1.165, 1.54) is 0 Å². The fourth-order valence-electron chi connectivity index (χ4n) is 1.76. The number of rotatable bonds is 5. The molecule has 0 spiro atoms. The maximum absolute atomic E-state index is 12.3. The van der Waals surface area contributed by atoms with Crippen LogP contribution < -0.4 is 5.32 Å². The van der Waals surface area contributed by atoms with Crippen molar-refractivity contribution in [2.24, 2.45) is 0 Å². The zero-order chi connectivity index (χ0) is 13.7. The first-order valence-corrected chi connectivity index (χ1v) is 7.77. The van der Waals surface area contributed by atoms with Crippen molar-refractivity contribution in [3.8, 4) is 0 Å². The molecule has 100 valence electrons. The minimum Gasteiger partial charge on any atom is -0.385 e. The standard InChI is InChI=1S/C15H17NO2S/c1-2-12-16-13-8-10-15(11-9-13)19(17,18)14-6-4-3-5-7-14/h3-11,16H,2,12H2,1H3. The summed E-state index contributed by atoms with van der Waals surface area (Å²) in [6.45, 7) is 2.96. The molecule has 4 heteroatoms. The average molecular weight is 275 g/mol. The maximum Gasteiger partial charge on any atom is 0.206 e.